The highest BCUT2D eigenvalue weighted by Gasteiger charge is 2.11. The molecule has 0 aliphatic rings. The number of benzene rings is 1. The van der Waals surface area contributed by atoms with Gasteiger partial charge in [-0.25, -0.2) is 4.79 Å². The molecule has 0 saturated heterocycles. The lowest BCUT2D eigenvalue weighted by molar-refractivity contribution is -0.605. The van der Waals surface area contributed by atoms with E-state index in [9.17, 15) is 14.8 Å². The van der Waals surface area contributed by atoms with Crippen molar-refractivity contribution in [1.82, 2.24) is 0 Å². The number of esters is 1. The van der Waals surface area contributed by atoms with E-state index in [-0.39, 0.29) is 5.56 Å². The summed E-state index contributed by atoms with van der Waals surface area (Å²) < 4.78 is 6.41. The Morgan fingerprint density at radius 2 is 1.95 bits per heavy atom. The van der Waals surface area contributed by atoms with Crippen LogP contribution in [0.5, 0.6) is 0 Å². The first-order chi connectivity index (χ1) is 10.0. The third kappa shape index (κ3) is 4.71. The largest absolute Gasteiger partial charge is 0.619 e. The number of carbonyl (C=O) groups excluding carboxylic acids is 2. The third-order valence-electron chi connectivity index (χ3n) is 2.48. The number of nitrogens with one attached hydrogen (secondary N) is 1. The van der Waals surface area contributed by atoms with Gasteiger partial charge in [0.1, 0.15) is 0 Å². The molecule has 7 heteroatoms. The summed E-state index contributed by atoms with van der Waals surface area (Å²) in [4.78, 5) is 23.3. The molecule has 108 valence electrons. The molecular weight excluding hydrogens is 387 g/mol. The van der Waals surface area contributed by atoms with E-state index in [1.165, 1.54) is 24.5 Å². The summed E-state index contributed by atoms with van der Waals surface area (Å²) >= 11 is 2.13. The van der Waals surface area contributed by atoms with Crippen LogP contribution in [-0.4, -0.2) is 18.5 Å². The summed E-state index contributed by atoms with van der Waals surface area (Å²) in [5.41, 5.74) is 0.846. The number of ether oxygens (including phenoxy) is 1. The Kier molecular flexibility index (Phi) is 5.09. The van der Waals surface area contributed by atoms with Crippen molar-refractivity contribution < 1.29 is 19.1 Å². The highest BCUT2D eigenvalue weighted by Crippen LogP contribution is 2.12. The van der Waals surface area contributed by atoms with Gasteiger partial charge in [0.05, 0.1) is 5.56 Å². The van der Waals surface area contributed by atoms with Crippen LogP contribution >= 0.6 is 22.6 Å². The van der Waals surface area contributed by atoms with Crippen LogP contribution in [0.2, 0.25) is 0 Å². The molecule has 1 amide bonds. The predicted molar refractivity (Wildman–Crippen MR) is 83.5 cm³/mol. The highest BCUT2D eigenvalue weighted by atomic mass is 127. The lowest BCUT2D eigenvalue weighted by atomic mass is 10.3. The van der Waals surface area contributed by atoms with Crippen LogP contribution in [0, 0.1) is 8.78 Å². The molecule has 0 saturated carbocycles. The van der Waals surface area contributed by atoms with Crippen LogP contribution in [0.1, 0.15) is 10.4 Å². The molecule has 21 heavy (non-hydrogen) atoms. The predicted octanol–water partition coefficient (Wildman–Crippen LogP) is 1.72. The maximum Gasteiger partial charge on any atom is 0.339 e. The first-order valence-electron chi connectivity index (χ1n) is 5.96. The number of nitrogens with zero attached hydrogens (tertiary/aromatic N) is 1. The lowest BCUT2D eigenvalue weighted by Crippen LogP contribution is -2.25. The monoisotopic (exact) mass is 398 g/mol. The van der Waals surface area contributed by atoms with E-state index >= 15 is 0 Å². The Morgan fingerprint density at radius 1 is 1.24 bits per heavy atom. The third-order valence-corrected chi connectivity index (χ3v) is 3.15. The normalized spacial score (nSPS) is 9.95. The second-order valence-electron chi connectivity index (χ2n) is 4.08. The number of carbonyl (C=O) groups is 2. The Labute approximate surface area is 134 Å². The Balaban J connectivity index is 1.86. The highest BCUT2D eigenvalue weighted by molar-refractivity contribution is 14.1. The number of rotatable bonds is 4. The number of aromatic nitrogens is 1. The molecule has 0 aliphatic carbocycles. The van der Waals surface area contributed by atoms with Crippen molar-refractivity contribution >= 4 is 40.2 Å². The molecule has 0 radical (unpaired) electrons. The molecule has 0 bridgehead atoms. The van der Waals surface area contributed by atoms with Crippen molar-refractivity contribution in [3.8, 4) is 0 Å². The van der Waals surface area contributed by atoms with Gasteiger partial charge < -0.3 is 15.3 Å². The zero-order valence-electron chi connectivity index (χ0n) is 10.8. The van der Waals surface area contributed by atoms with Crippen LogP contribution < -0.4 is 10.0 Å². The van der Waals surface area contributed by atoms with Crippen LogP contribution in [0.25, 0.3) is 0 Å². The number of pyridine rings is 1. The second kappa shape index (κ2) is 7.02. The van der Waals surface area contributed by atoms with Crippen LogP contribution in [0.3, 0.4) is 0 Å². The van der Waals surface area contributed by atoms with Gasteiger partial charge in [0, 0.05) is 21.4 Å². The van der Waals surface area contributed by atoms with E-state index in [1.807, 2.05) is 12.1 Å². The quantitative estimate of drug-likeness (QED) is 0.368. The molecule has 2 rings (SSSR count). The van der Waals surface area contributed by atoms with Gasteiger partial charge in [0.2, 0.25) is 0 Å². The average molecular weight is 398 g/mol. The molecule has 0 unspecified atom stereocenters. The maximum atomic E-state index is 11.7. The molecule has 1 N–H and O–H groups in total. The lowest BCUT2D eigenvalue weighted by Gasteiger charge is -2.06. The molecule has 6 nitrogen and oxygen atoms in total. The minimum absolute atomic E-state index is 0.212. The van der Waals surface area contributed by atoms with Crippen LogP contribution in [0.15, 0.2) is 48.8 Å². The van der Waals surface area contributed by atoms with Gasteiger partial charge in [-0.3, -0.25) is 4.79 Å². The molecule has 0 spiro atoms. The molecule has 0 fully saturated rings. The summed E-state index contributed by atoms with van der Waals surface area (Å²) in [5.74, 6) is -1.09. The number of hydrogen-bond acceptors (Lipinski definition) is 4. The van der Waals surface area contributed by atoms with Gasteiger partial charge in [-0.15, -0.1) is 0 Å². The summed E-state index contributed by atoms with van der Waals surface area (Å²) in [7, 11) is 0. The van der Waals surface area contributed by atoms with Crippen molar-refractivity contribution in [1.29, 1.82) is 0 Å². The fourth-order valence-corrected chi connectivity index (χ4v) is 2.07. The standard InChI is InChI=1S/C14H11IN2O4/c15-11-2-1-3-12(8-11)16-13(18)9-21-14(19)10-4-6-17(20)7-5-10/h1-8H,9H2,(H,16,18). The fourth-order valence-electron chi connectivity index (χ4n) is 1.53. The molecule has 1 aromatic carbocycles. The molecule has 1 heterocycles. The first kappa shape index (κ1) is 15.2. The van der Waals surface area contributed by atoms with Crippen molar-refractivity contribution in [2.45, 2.75) is 0 Å². The van der Waals surface area contributed by atoms with Gasteiger partial charge in [-0.2, -0.15) is 4.73 Å². The Morgan fingerprint density at radius 3 is 2.62 bits per heavy atom. The molecule has 0 aliphatic heterocycles. The Bertz CT molecular complexity index is 658. The van der Waals surface area contributed by atoms with Gasteiger partial charge in [0.15, 0.2) is 19.0 Å². The van der Waals surface area contributed by atoms with Crippen LogP contribution in [-0.2, 0) is 9.53 Å². The molecule has 2 aromatic rings. The van der Waals surface area contributed by atoms with E-state index < -0.39 is 18.5 Å². The Hall–Kier alpha value is -2.16. The number of halogens is 1. The fraction of sp³-hybridized carbons (Fsp3) is 0.0714. The summed E-state index contributed by atoms with van der Waals surface area (Å²) in [6.07, 6.45) is 2.37. The van der Waals surface area contributed by atoms with Crippen molar-refractivity contribution in [3.05, 3.63) is 63.1 Å². The SMILES string of the molecule is O=C(COC(=O)c1cc[n+]([O-])cc1)Nc1cccc(I)c1. The van der Waals surface area contributed by atoms with E-state index in [2.05, 4.69) is 27.9 Å². The summed E-state index contributed by atoms with van der Waals surface area (Å²) in [6, 6.07) is 9.90. The second-order valence-corrected chi connectivity index (χ2v) is 5.33. The number of amides is 1. The van der Waals surface area contributed by atoms with Crippen molar-refractivity contribution in [2.75, 3.05) is 11.9 Å². The van der Waals surface area contributed by atoms with E-state index in [1.54, 1.807) is 12.1 Å². The van der Waals surface area contributed by atoms with Gasteiger partial charge in [0.25, 0.3) is 5.91 Å². The molecule has 0 atom stereocenters. The number of anilines is 1. The minimum atomic E-state index is -0.659. The van der Waals surface area contributed by atoms with Gasteiger partial charge in [-0.1, -0.05) is 6.07 Å². The molecular formula is C14H11IN2O4. The summed E-state index contributed by atoms with van der Waals surface area (Å²) in [5, 5.41) is 13.5. The zero-order chi connectivity index (χ0) is 15.2. The summed E-state index contributed by atoms with van der Waals surface area (Å²) in [6.45, 7) is -0.392. The first-order valence-corrected chi connectivity index (χ1v) is 7.04. The maximum absolute atomic E-state index is 11.7. The van der Waals surface area contributed by atoms with Gasteiger partial charge >= 0.3 is 5.97 Å². The zero-order valence-corrected chi connectivity index (χ0v) is 12.9. The topological polar surface area (TPSA) is 82.3 Å². The molecule has 1 aromatic heterocycles. The van der Waals surface area contributed by atoms with Crippen molar-refractivity contribution in [2.24, 2.45) is 0 Å². The van der Waals surface area contributed by atoms with E-state index in [4.69, 9.17) is 4.74 Å². The van der Waals surface area contributed by atoms with Gasteiger partial charge in [-0.05, 0) is 40.8 Å². The minimum Gasteiger partial charge on any atom is -0.619 e. The van der Waals surface area contributed by atoms with E-state index in [0.717, 1.165) is 3.57 Å². The number of hydrogen-bond donors (Lipinski definition) is 1. The van der Waals surface area contributed by atoms with E-state index in [0.29, 0.717) is 10.4 Å². The van der Waals surface area contributed by atoms with Crippen molar-refractivity contribution in [3.63, 3.8) is 0 Å². The smallest absolute Gasteiger partial charge is 0.339 e. The average Bonchev–Trinajstić information content (AvgIpc) is 2.45. The van der Waals surface area contributed by atoms with Crippen LogP contribution in [0.4, 0.5) is 5.69 Å².